The highest BCUT2D eigenvalue weighted by Gasteiger charge is 2.28. The first kappa shape index (κ1) is 13.6. The van der Waals surface area contributed by atoms with Crippen LogP contribution in [0.5, 0.6) is 5.75 Å². The van der Waals surface area contributed by atoms with Gasteiger partial charge < -0.3 is 4.74 Å². The van der Waals surface area contributed by atoms with Crippen LogP contribution in [0.2, 0.25) is 5.02 Å². The lowest BCUT2D eigenvalue weighted by atomic mass is 9.96. The Labute approximate surface area is 128 Å². The van der Waals surface area contributed by atoms with Gasteiger partial charge in [0.2, 0.25) is 0 Å². The quantitative estimate of drug-likeness (QED) is 0.723. The minimum atomic E-state index is -0.437. The van der Waals surface area contributed by atoms with Crippen LogP contribution in [0, 0.1) is 5.82 Å². The SMILES string of the molecule is O=C1CC(c2ccc(Cl)c(Br)c2)Oc2ccc(F)cc21. The normalized spacial score (nSPS) is 17.6. The van der Waals surface area contributed by atoms with Gasteiger partial charge in [0, 0.05) is 4.47 Å². The first-order valence-electron chi connectivity index (χ1n) is 5.99. The summed E-state index contributed by atoms with van der Waals surface area (Å²) in [5, 5.41) is 0.596. The highest BCUT2D eigenvalue weighted by Crippen LogP contribution is 2.36. The van der Waals surface area contributed by atoms with Gasteiger partial charge in [0.1, 0.15) is 17.7 Å². The Bertz CT molecular complexity index is 702. The molecule has 1 aliphatic heterocycles. The lowest BCUT2D eigenvalue weighted by molar-refractivity contribution is 0.0849. The zero-order valence-corrected chi connectivity index (χ0v) is 12.5. The van der Waals surface area contributed by atoms with E-state index in [2.05, 4.69) is 15.9 Å². The van der Waals surface area contributed by atoms with Crippen LogP contribution in [0.4, 0.5) is 4.39 Å². The average Bonchev–Trinajstić information content (AvgIpc) is 2.42. The van der Waals surface area contributed by atoms with E-state index in [-0.39, 0.29) is 18.3 Å². The predicted molar refractivity (Wildman–Crippen MR) is 77.9 cm³/mol. The summed E-state index contributed by atoms with van der Waals surface area (Å²) in [5.41, 5.74) is 1.15. The van der Waals surface area contributed by atoms with Gasteiger partial charge in [0.25, 0.3) is 0 Å². The number of ketones is 1. The molecule has 1 aliphatic rings. The van der Waals surface area contributed by atoms with Gasteiger partial charge in [-0.3, -0.25) is 4.79 Å². The van der Waals surface area contributed by atoms with Crippen molar-refractivity contribution in [3.63, 3.8) is 0 Å². The molecule has 0 radical (unpaired) electrons. The minimum absolute atomic E-state index is 0.123. The molecule has 2 aromatic rings. The number of rotatable bonds is 1. The second kappa shape index (κ2) is 5.19. The fraction of sp³-hybridized carbons (Fsp3) is 0.133. The van der Waals surface area contributed by atoms with E-state index in [4.69, 9.17) is 16.3 Å². The van der Waals surface area contributed by atoms with Crippen molar-refractivity contribution in [1.82, 2.24) is 0 Å². The highest BCUT2D eigenvalue weighted by atomic mass is 79.9. The zero-order valence-electron chi connectivity index (χ0n) is 10.2. The van der Waals surface area contributed by atoms with E-state index >= 15 is 0 Å². The van der Waals surface area contributed by atoms with E-state index in [1.165, 1.54) is 18.2 Å². The molecule has 0 bridgehead atoms. The van der Waals surface area contributed by atoms with Crippen LogP contribution in [0.3, 0.4) is 0 Å². The van der Waals surface area contributed by atoms with Gasteiger partial charge in [0.15, 0.2) is 5.78 Å². The van der Waals surface area contributed by atoms with Crippen LogP contribution in [-0.2, 0) is 0 Å². The van der Waals surface area contributed by atoms with Crippen LogP contribution in [0.15, 0.2) is 40.9 Å². The molecular formula is C15H9BrClFO2. The lowest BCUT2D eigenvalue weighted by Crippen LogP contribution is -2.20. The molecule has 0 spiro atoms. The third-order valence-electron chi connectivity index (χ3n) is 3.20. The van der Waals surface area contributed by atoms with Crippen molar-refractivity contribution < 1.29 is 13.9 Å². The second-order valence-electron chi connectivity index (χ2n) is 4.55. The van der Waals surface area contributed by atoms with Gasteiger partial charge in [-0.2, -0.15) is 0 Å². The molecule has 0 saturated heterocycles. The summed E-state index contributed by atoms with van der Waals surface area (Å²) in [7, 11) is 0. The summed E-state index contributed by atoms with van der Waals surface area (Å²) in [5.74, 6) is -0.145. The summed E-state index contributed by atoms with van der Waals surface area (Å²) >= 11 is 9.30. The summed E-state index contributed by atoms with van der Waals surface area (Å²) in [6.45, 7) is 0. The second-order valence-corrected chi connectivity index (χ2v) is 5.81. The Morgan fingerprint density at radius 2 is 2.05 bits per heavy atom. The van der Waals surface area contributed by atoms with Gasteiger partial charge in [-0.05, 0) is 51.8 Å². The van der Waals surface area contributed by atoms with Gasteiger partial charge in [-0.15, -0.1) is 0 Å². The molecule has 1 atom stereocenters. The molecule has 1 unspecified atom stereocenters. The molecule has 0 saturated carbocycles. The van der Waals surface area contributed by atoms with Crippen LogP contribution >= 0.6 is 27.5 Å². The van der Waals surface area contributed by atoms with Crippen molar-refractivity contribution in [3.05, 3.63) is 62.8 Å². The first-order valence-corrected chi connectivity index (χ1v) is 7.16. The number of hydrogen-bond donors (Lipinski definition) is 0. The Hall–Kier alpha value is -1.39. The molecule has 0 fully saturated rings. The van der Waals surface area contributed by atoms with E-state index in [9.17, 15) is 9.18 Å². The topological polar surface area (TPSA) is 26.3 Å². The molecule has 0 aromatic heterocycles. The van der Waals surface area contributed by atoms with E-state index in [1.54, 1.807) is 6.07 Å². The Morgan fingerprint density at radius 3 is 2.80 bits per heavy atom. The van der Waals surface area contributed by atoms with E-state index in [0.717, 1.165) is 10.0 Å². The summed E-state index contributed by atoms with van der Waals surface area (Å²) < 4.78 is 19.7. The number of ether oxygens (including phenoxy) is 1. The molecule has 102 valence electrons. The van der Waals surface area contributed by atoms with Crippen LogP contribution in [0.1, 0.15) is 28.4 Å². The largest absolute Gasteiger partial charge is 0.484 e. The van der Waals surface area contributed by atoms with Crippen molar-refractivity contribution in [3.8, 4) is 5.75 Å². The molecule has 20 heavy (non-hydrogen) atoms. The van der Waals surface area contributed by atoms with E-state index in [0.29, 0.717) is 16.3 Å². The van der Waals surface area contributed by atoms with E-state index < -0.39 is 5.82 Å². The molecule has 0 amide bonds. The third-order valence-corrected chi connectivity index (χ3v) is 4.41. The smallest absolute Gasteiger partial charge is 0.170 e. The first-order chi connectivity index (χ1) is 9.54. The zero-order chi connectivity index (χ0) is 14.3. The molecule has 5 heteroatoms. The van der Waals surface area contributed by atoms with Gasteiger partial charge in [-0.25, -0.2) is 4.39 Å². The number of Topliss-reactive ketones (excluding diaryl/α,β-unsaturated/α-hetero) is 1. The summed E-state index contributed by atoms with van der Waals surface area (Å²) in [6, 6.07) is 9.38. The standard InChI is InChI=1S/C15H9BrClFO2/c16-11-5-8(1-3-12(11)17)15-7-13(19)10-6-9(18)2-4-14(10)20-15/h1-6,15H,7H2. The number of halogens is 3. The number of benzene rings is 2. The molecule has 2 aromatic carbocycles. The van der Waals surface area contributed by atoms with Crippen molar-refractivity contribution in [2.75, 3.05) is 0 Å². The van der Waals surface area contributed by atoms with Crippen molar-refractivity contribution in [2.45, 2.75) is 12.5 Å². The van der Waals surface area contributed by atoms with Crippen LogP contribution < -0.4 is 4.74 Å². The fourth-order valence-electron chi connectivity index (χ4n) is 2.19. The predicted octanol–water partition coefficient (Wildman–Crippen LogP) is 4.95. The van der Waals surface area contributed by atoms with Crippen molar-refractivity contribution in [2.24, 2.45) is 0 Å². The maximum absolute atomic E-state index is 13.2. The molecule has 3 rings (SSSR count). The minimum Gasteiger partial charge on any atom is -0.484 e. The van der Waals surface area contributed by atoms with Crippen molar-refractivity contribution >= 4 is 33.3 Å². The number of carbonyl (C=O) groups is 1. The fourth-order valence-corrected chi connectivity index (χ4v) is 2.71. The Balaban J connectivity index is 1.97. The number of fused-ring (bicyclic) bond motifs is 1. The van der Waals surface area contributed by atoms with Crippen LogP contribution in [0.25, 0.3) is 0 Å². The molecule has 2 nitrogen and oxygen atoms in total. The molecule has 1 heterocycles. The third kappa shape index (κ3) is 2.45. The number of hydrogen-bond acceptors (Lipinski definition) is 2. The summed E-state index contributed by atoms with van der Waals surface area (Å²) in [4.78, 5) is 12.1. The van der Waals surface area contributed by atoms with Crippen molar-refractivity contribution in [1.29, 1.82) is 0 Å². The maximum Gasteiger partial charge on any atom is 0.170 e. The Kier molecular flexibility index (Phi) is 3.52. The van der Waals surface area contributed by atoms with Gasteiger partial charge >= 0.3 is 0 Å². The van der Waals surface area contributed by atoms with E-state index in [1.807, 2.05) is 12.1 Å². The lowest BCUT2D eigenvalue weighted by Gasteiger charge is -2.25. The monoisotopic (exact) mass is 354 g/mol. The summed E-state index contributed by atoms with van der Waals surface area (Å²) in [6.07, 6.45) is -0.195. The molecule has 0 aliphatic carbocycles. The number of carbonyl (C=O) groups excluding carboxylic acids is 1. The average molecular weight is 356 g/mol. The van der Waals surface area contributed by atoms with Crippen LogP contribution in [-0.4, -0.2) is 5.78 Å². The maximum atomic E-state index is 13.2. The molecular weight excluding hydrogens is 347 g/mol. The van der Waals surface area contributed by atoms with Gasteiger partial charge in [0.05, 0.1) is 17.0 Å². The molecule has 0 N–H and O–H groups in total. The Morgan fingerprint density at radius 1 is 1.25 bits per heavy atom. The van der Waals surface area contributed by atoms with Gasteiger partial charge in [-0.1, -0.05) is 17.7 Å². The highest BCUT2D eigenvalue weighted by molar-refractivity contribution is 9.10.